The number of hydrogen-bond donors (Lipinski definition) is 1. The molecule has 18 heavy (non-hydrogen) atoms. The Kier molecular flexibility index (Phi) is 2.79. The van der Waals surface area contributed by atoms with Crippen LogP contribution in [0, 0.1) is 5.92 Å². The lowest BCUT2D eigenvalue weighted by atomic mass is 9.87. The Hall–Kier alpha value is -1.13. The van der Waals surface area contributed by atoms with Crippen LogP contribution < -0.4 is 0 Å². The van der Waals surface area contributed by atoms with E-state index in [1.165, 1.54) is 0 Å². The van der Waals surface area contributed by atoms with E-state index >= 15 is 0 Å². The summed E-state index contributed by atoms with van der Waals surface area (Å²) in [6.07, 6.45) is 3.11. The first-order valence-electron chi connectivity index (χ1n) is 6.47. The second-order valence-electron chi connectivity index (χ2n) is 5.50. The lowest BCUT2D eigenvalue weighted by Gasteiger charge is -2.21. The van der Waals surface area contributed by atoms with Crippen LogP contribution in [0.3, 0.4) is 0 Å². The molecule has 5 unspecified atom stereocenters. The third kappa shape index (κ3) is 1.99. The van der Waals surface area contributed by atoms with Crippen molar-refractivity contribution < 1.29 is 19.4 Å². The molecule has 5 atom stereocenters. The molecular formula is C14H18O4. The molecule has 0 spiro atoms. The molecule has 0 saturated carbocycles. The third-order valence-corrected chi connectivity index (χ3v) is 4.10. The molecule has 0 amide bonds. The number of hydrogen-bond acceptors (Lipinski definition) is 4. The zero-order valence-electron chi connectivity index (χ0n) is 10.5. The summed E-state index contributed by atoms with van der Waals surface area (Å²) in [7, 11) is 0. The molecule has 98 valence electrons. The fourth-order valence-corrected chi connectivity index (χ4v) is 2.90. The Bertz CT molecular complexity index is 426. The summed E-state index contributed by atoms with van der Waals surface area (Å²) in [6.45, 7) is 5.93. The van der Waals surface area contributed by atoms with E-state index in [9.17, 15) is 9.90 Å². The van der Waals surface area contributed by atoms with Crippen molar-refractivity contribution in [1.82, 2.24) is 0 Å². The maximum absolute atomic E-state index is 11.7. The van der Waals surface area contributed by atoms with Gasteiger partial charge in [0.2, 0.25) is 0 Å². The van der Waals surface area contributed by atoms with Gasteiger partial charge < -0.3 is 14.6 Å². The van der Waals surface area contributed by atoms with Crippen molar-refractivity contribution in [3.05, 3.63) is 23.8 Å². The summed E-state index contributed by atoms with van der Waals surface area (Å²) in [5.74, 6) is -0.151. The van der Waals surface area contributed by atoms with Crippen LogP contribution in [0.4, 0.5) is 0 Å². The fourth-order valence-electron chi connectivity index (χ4n) is 2.90. The quantitative estimate of drug-likeness (QED) is 0.433. The highest BCUT2D eigenvalue weighted by Gasteiger charge is 2.48. The van der Waals surface area contributed by atoms with Gasteiger partial charge in [0.25, 0.3) is 0 Å². The van der Waals surface area contributed by atoms with Crippen molar-refractivity contribution in [1.29, 1.82) is 0 Å². The number of aliphatic hydroxyl groups is 1. The molecule has 0 aromatic rings. The van der Waals surface area contributed by atoms with E-state index in [2.05, 4.69) is 6.58 Å². The van der Waals surface area contributed by atoms with Crippen LogP contribution in [0.15, 0.2) is 23.8 Å². The molecule has 1 aliphatic carbocycles. The highest BCUT2D eigenvalue weighted by Crippen LogP contribution is 2.39. The van der Waals surface area contributed by atoms with E-state index in [-0.39, 0.29) is 30.2 Å². The number of rotatable bonds is 1. The summed E-state index contributed by atoms with van der Waals surface area (Å²) in [5, 5.41) is 9.95. The topological polar surface area (TPSA) is 59.1 Å². The van der Waals surface area contributed by atoms with Crippen molar-refractivity contribution >= 4 is 5.97 Å². The Morgan fingerprint density at radius 2 is 2.33 bits per heavy atom. The van der Waals surface area contributed by atoms with Crippen molar-refractivity contribution in [2.24, 2.45) is 5.92 Å². The molecule has 2 bridgehead atoms. The predicted molar refractivity (Wildman–Crippen MR) is 64.8 cm³/mol. The van der Waals surface area contributed by atoms with Crippen molar-refractivity contribution in [2.75, 3.05) is 0 Å². The minimum absolute atomic E-state index is 0.0694. The Morgan fingerprint density at radius 1 is 1.56 bits per heavy atom. The van der Waals surface area contributed by atoms with Crippen LogP contribution in [-0.4, -0.2) is 35.5 Å². The van der Waals surface area contributed by atoms with Crippen LogP contribution in [0.25, 0.3) is 0 Å². The number of aliphatic hydroxyl groups excluding tert-OH is 1. The molecule has 2 heterocycles. The average molecular weight is 250 g/mol. The van der Waals surface area contributed by atoms with Gasteiger partial charge in [-0.3, -0.25) is 0 Å². The van der Waals surface area contributed by atoms with E-state index in [4.69, 9.17) is 9.47 Å². The fraction of sp³-hybridized carbons (Fsp3) is 0.643. The Labute approximate surface area is 106 Å². The SMILES string of the molecule is C=C(C)C1CC2OC2C(O)CCC2=CC1OC2=O. The van der Waals surface area contributed by atoms with Crippen molar-refractivity contribution in [3.63, 3.8) is 0 Å². The monoisotopic (exact) mass is 250 g/mol. The minimum Gasteiger partial charge on any atom is -0.454 e. The van der Waals surface area contributed by atoms with Gasteiger partial charge in [-0.15, -0.1) is 0 Å². The standard InChI is InChI=1S/C14H18O4/c1-7(2)9-6-12-13(17-12)10(15)4-3-8-5-11(9)18-14(8)16/h5,9-13,15H,1,3-4,6H2,2H3. The summed E-state index contributed by atoms with van der Waals surface area (Å²) >= 11 is 0. The van der Waals surface area contributed by atoms with Crippen LogP contribution in [0.5, 0.6) is 0 Å². The number of esters is 1. The normalized spacial score (nSPS) is 42.7. The molecule has 1 N–H and O–H groups in total. The van der Waals surface area contributed by atoms with Gasteiger partial charge in [-0.05, 0) is 32.3 Å². The maximum atomic E-state index is 11.7. The highest BCUT2D eigenvalue weighted by molar-refractivity contribution is 5.91. The first-order chi connectivity index (χ1) is 8.56. The molecule has 2 aliphatic heterocycles. The Morgan fingerprint density at radius 3 is 3.06 bits per heavy atom. The average Bonchev–Trinajstić information content (AvgIpc) is 3.00. The van der Waals surface area contributed by atoms with Crippen molar-refractivity contribution in [2.45, 2.75) is 50.6 Å². The largest absolute Gasteiger partial charge is 0.454 e. The van der Waals surface area contributed by atoms with Crippen LogP contribution >= 0.6 is 0 Å². The lowest BCUT2D eigenvalue weighted by Crippen LogP contribution is -2.24. The molecule has 4 heteroatoms. The first-order valence-corrected chi connectivity index (χ1v) is 6.47. The molecule has 3 aliphatic rings. The van der Waals surface area contributed by atoms with Crippen molar-refractivity contribution in [3.8, 4) is 0 Å². The second kappa shape index (κ2) is 4.21. The number of carbonyl (C=O) groups excluding carboxylic acids is 1. The zero-order valence-corrected chi connectivity index (χ0v) is 10.5. The molecule has 1 fully saturated rings. The summed E-state index contributed by atoms with van der Waals surface area (Å²) in [6, 6.07) is 0. The molecule has 0 aromatic carbocycles. The van der Waals surface area contributed by atoms with Crippen LogP contribution in [0.1, 0.15) is 26.2 Å². The lowest BCUT2D eigenvalue weighted by molar-refractivity contribution is -0.141. The van der Waals surface area contributed by atoms with Gasteiger partial charge in [0.05, 0.1) is 12.2 Å². The van der Waals surface area contributed by atoms with Crippen LogP contribution in [-0.2, 0) is 14.3 Å². The molecule has 1 saturated heterocycles. The summed E-state index contributed by atoms with van der Waals surface area (Å²) < 4.78 is 10.9. The third-order valence-electron chi connectivity index (χ3n) is 4.10. The van der Waals surface area contributed by atoms with Gasteiger partial charge >= 0.3 is 5.97 Å². The zero-order chi connectivity index (χ0) is 12.9. The van der Waals surface area contributed by atoms with Crippen LogP contribution in [0.2, 0.25) is 0 Å². The molecule has 0 radical (unpaired) electrons. The number of fused-ring (bicyclic) bond motifs is 2. The van der Waals surface area contributed by atoms with Gasteiger partial charge in [0.15, 0.2) is 0 Å². The van der Waals surface area contributed by atoms with E-state index in [1.54, 1.807) is 0 Å². The van der Waals surface area contributed by atoms with E-state index in [1.807, 2.05) is 13.0 Å². The van der Waals surface area contributed by atoms with Gasteiger partial charge in [-0.2, -0.15) is 0 Å². The summed E-state index contributed by atoms with van der Waals surface area (Å²) in [4.78, 5) is 11.7. The molecular weight excluding hydrogens is 232 g/mol. The number of epoxide rings is 1. The van der Waals surface area contributed by atoms with Gasteiger partial charge in [0.1, 0.15) is 12.2 Å². The smallest absolute Gasteiger partial charge is 0.334 e. The molecule has 4 nitrogen and oxygen atoms in total. The van der Waals surface area contributed by atoms with E-state index < -0.39 is 6.10 Å². The maximum Gasteiger partial charge on any atom is 0.334 e. The minimum atomic E-state index is -0.480. The molecule has 0 aromatic heterocycles. The number of carbonyl (C=O) groups is 1. The van der Waals surface area contributed by atoms with Gasteiger partial charge in [0, 0.05) is 11.5 Å². The second-order valence-corrected chi connectivity index (χ2v) is 5.50. The highest BCUT2D eigenvalue weighted by atomic mass is 16.6. The predicted octanol–water partition coefficient (Wildman–Crippen LogP) is 1.34. The molecule has 3 rings (SSSR count). The van der Waals surface area contributed by atoms with Gasteiger partial charge in [-0.25, -0.2) is 4.79 Å². The first kappa shape index (κ1) is 11.9. The Balaban J connectivity index is 1.86. The van der Waals surface area contributed by atoms with E-state index in [0.717, 1.165) is 12.0 Å². The summed E-state index contributed by atoms with van der Waals surface area (Å²) in [5.41, 5.74) is 1.68. The number of ether oxygens (including phenoxy) is 2. The van der Waals surface area contributed by atoms with Gasteiger partial charge in [-0.1, -0.05) is 12.2 Å². The van der Waals surface area contributed by atoms with E-state index in [0.29, 0.717) is 18.4 Å².